The van der Waals surface area contributed by atoms with Crippen LogP contribution in [0, 0.1) is 0 Å². The maximum Gasteiger partial charge on any atom is 0.321 e. The molecule has 1 aromatic heterocycles. The number of halogens is 1. The third kappa shape index (κ3) is 5.89. The molecule has 3 amide bonds. The number of benzene rings is 1. The molecule has 0 spiro atoms. The number of hydrogen-bond acceptors (Lipinski definition) is 5. The highest BCUT2D eigenvalue weighted by molar-refractivity contribution is 7.13. The average molecular weight is 462 g/mol. The molecule has 1 aromatic carbocycles. The molecule has 1 saturated carbocycles. The van der Waals surface area contributed by atoms with Gasteiger partial charge in [-0.05, 0) is 25.0 Å². The number of nitrogens with zero attached hydrogens (tertiary/aromatic N) is 3. The van der Waals surface area contributed by atoms with Crippen LogP contribution in [-0.2, 0) is 11.2 Å². The lowest BCUT2D eigenvalue weighted by molar-refractivity contribution is -0.130. The van der Waals surface area contributed by atoms with Crippen molar-refractivity contribution in [3.05, 3.63) is 40.4 Å². The molecule has 4 rings (SSSR count). The average Bonchev–Trinajstić information content (AvgIpc) is 3.21. The van der Waals surface area contributed by atoms with Gasteiger partial charge in [0.15, 0.2) is 5.13 Å². The van der Waals surface area contributed by atoms with Crippen LogP contribution in [0.3, 0.4) is 0 Å². The number of amides is 3. The molecule has 31 heavy (non-hydrogen) atoms. The zero-order valence-electron chi connectivity index (χ0n) is 17.5. The first-order valence-electron chi connectivity index (χ1n) is 10.9. The second-order valence-electron chi connectivity index (χ2n) is 8.07. The van der Waals surface area contributed by atoms with Crippen LogP contribution in [0.15, 0.2) is 29.6 Å². The summed E-state index contributed by atoms with van der Waals surface area (Å²) in [5.74, 6) is 0.0577. The maximum atomic E-state index is 12.7. The molecule has 2 heterocycles. The van der Waals surface area contributed by atoms with Crippen LogP contribution >= 0.6 is 22.9 Å². The van der Waals surface area contributed by atoms with E-state index in [1.807, 2.05) is 34.5 Å². The lowest BCUT2D eigenvalue weighted by atomic mass is 9.96. The van der Waals surface area contributed by atoms with Crippen LogP contribution in [0.2, 0.25) is 5.02 Å². The van der Waals surface area contributed by atoms with Gasteiger partial charge in [-0.2, -0.15) is 0 Å². The molecule has 166 valence electrons. The Balaban J connectivity index is 1.24. The van der Waals surface area contributed by atoms with Crippen molar-refractivity contribution in [2.45, 2.75) is 44.6 Å². The summed E-state index contributed by atoms with van der Waals surface area (Å²) in [6, 6.07) is 7.82. The van der Waals surface area contributed by atoms with E-state index in [1.165, 1.54) is 30.6 Å². The van der Waals surface area contributed by atoms with Gasteiger partial charge in [0.05, 0.1) is 22.8 Å². The summed E-state index contributed by atoms with van der Waals surface area (Å²) in [4.78, 5) is 33.4. The summed E-state index contributed by atoms with van der Waals surface area (Å²) >= 11 is 7.64. The molecule has 0 bridgehead atoms. The van der Waals surface area contributed by atoms with Crippen molar-refractivity contribution in [2.24, 2.45) is 0 Å². The van der Waals surface area contributed by atoms with E-state index in [2.05, 4.69) is 20.5 Å². The van der Waals surface area contributed by atoms with E-state index in [1.54, 1.807) is 0 Å². The monoisotopic (exact) mass is 461 g/mol. The molecular weight excluding hydrogens is 434 g/mol. The highest BCUT2D eigenvalue weighted by Gasteiger charge is 2.23. The van der Waals surface area contributed by atoms with Crippen molar-refractivity contribution in [3.63, 3.8) is 0 Å². The summed E-state index contributed by atoms with van der Waals surface area (Å²) in [5, 5.41) is 8.93. The Morgan fingerprint density at radius 3 is 2.58 bits per heavy atom. The number of aromatic nitrogens is 1. The molecule has 2 aliphatic rings. The van der Waals surface area contributed by atoms with Gasteiger partial charge in [0.1, 0.15) is 0 Å². The molecular formula is C22H28ClN5O2S. The van der Waals surface area contributed by atoms with Crippen molar-refractivity contribution < 1.29 is 9.59 Å². The van der Waals surface area contributed by atoms with E-state index >= 15 is 0 Å². The van der Waals surface area contributed by atoms with Crippen molar-refractivity contribution in [3.8, 4) is 0 Å². The van der Waals surface area contributed by atoms with Gasteiger partial charge in [0, 0.05) is 37.6 Å². The highest BCUT2D eigenvalue weighted by Crippen LogP contribution is 2.26. The Kier molecular flexibility index (Phi) is 7.29. The van der Waals surface area contributed by atoms with Crippen LogP contribution in [-0.4, -0.2) is 54.0 Å². The molecule has 1 aliphatic carbocycles. The van der Waals surface area contributed by atoms with E-state index in [0.29, 0.717) is 23.9 Å². The predicted octanol–water partition coefficient (Wildman–Crippen LogP) is 4.14. The normalized spacial score (nSPS) is 17.5. The Morgan fingerprint density at radius 1 is 1.10 bits per heavy atom. The van der Waals surface area contributed by atoms with Gasteiger partial charge in [-0.1, -0.05) is 43.0 Å². The standard InChI is InChI=1S/C22H28ClN5O2S/c23-18-8-4-5-9-19(18)27-10-12-28(13-11-27)20(29)14-17-15-31-22(25-17)26-21(30)24-16-6-2-1-3-7-16/h4-5,8-9,15-16H,1-3,6-7,10-14H2,(H2,24,25,26,30). The third-order valence-electron chi connectivity index (χ3n) is 5.87. The summed E-state index contributed by atoms with van der Waals surface area (Å²) in [6.07, 6.45) is 5.90. The summed E-state index contributed by atoms with van der Waals surface area (Å²) in [5.41, 5.74) is 1.70. The molecule has 1 aliphatic heterocycles. The van der Waals surface area contributed by atoms with Gasteiger partial charge >= 0.3 is 6.03 Å². The second-order valence-corrected chi connectivity index (χ2v) is 9.34. The highest BCUT2D eigenvalue weighted by atomic mass is 35.5. The fraction of sp³-hybridized carbons (Fsp3) is 0.500. The molecule has 9 heteroatoms. The van der Waals surface area contributed by atoms with Gasteiger partial charge in [-0.25, -0.2) is 9.78 Å². The Bertz CT molecular complexity index is 907. The first kappa shape index (κ1) is 21.9. The number of hydrogen-bond donors (Lipinski definition) is 2. The molecule has 2 N–H and O–H groups in total. The molecule has 0 unspecified atom stereocenters. The van der Waals surface area contributed by atoms with Gasteiger partial charge in [0.25, 0.3) is 0 Å². The SMILES string of the molecule is O=C(Nc1nc(CC(=O)N2CCN(c3ccccc3Cl)CC2)cs1)NC1CCCCC1. The maximum absolute atomic E-state index is 12.7. The van der Waals surface area contributed by atoms with Crippen molar-refractivity contribution >= 4 is 45.7 Å². The minimum absolute atomic E-state index is 0.0577. The Hall–Kier alpha value is -2.32. The van der Waals surface area contributed by atoms with Crippen LogP contribution < -0.4 is 15.5 Å². The van der Waals surface area contributed by atoms with Gasteiger partial charge < -0.3 is 15.1 Å². The molecule has 0 radical (unpaired) electrons. The molecule has 7 nitrogen and oxygen atoms in total. The second kappa shape index (κ2) is 10.3. The fourth-order valence-corrected chi connectivity index (χ4v) is 5.14. The summed E-state index contributed by atoms with van der Waals surface area (Å²) in [7, 11) is 0. The van der Waals surface area contributed by atoms with Gasteiger partial charge in [-0.3, -0.25) is 10.1 Å². The number of anilines is 2. The Morgan fingerprint density at radius 2 is 1.84 bits per heavy atom. The van der Waals surface area contributed by atoms with Gasteiger partial charge in [-0.15, -0.1) is 11.3 Å². The zero-order chi connectivity index (χ0) is 21.6. The minimum Gasteiger partial charge on any atom is -0.367 e. The van der Waals surface area contributed by atoms with Gasteiger partial charge in [0.2, 0.25) is 5.91 Å². The number of carbonyl (C=O) groups is 2. The number of thiazole rings is 1. The van der Waals surface area contributed by atoms with Crippen LogP contribution in [0.4, 0.5) is 15.6 Å². The summed E-state index contributed by atoms with van der Waals surface area (Å²) in [6.45, 7) is 2.81. The van der Waals surface area contributed by atoms with Crippen LogP contribution in [0.1, 0.15) is 37.8 Å². The number of carbonyl (C=O) groups excluding carboxylic acids is 2. The first-order valence-corrected chi connectivity index (χ1v) is 12.1. The molecule has 0 atom stereocenters. The topological polar surface area (TPSA) is 77.6 Å². The Labute approximate surface area is 191 Å². The molecule has 2 aromatic rings. The number of urea groups is 1. The van der Waals surface area contributed by atoms with Crippen LogP contribution in [0.25, 0.3) is 0 Å². The molecule has 1 saturated heterocycles. The van der Waals surface area contributed by atoms with E-state index in [-0.39, 0.29) is 24.4 Å². The molecule has 2 fully saturated rings. The predicted molar refractivity (Wildman–Crippen MR) is 125 cm³/mol. The van der Waals surface area contributed by atoms with E-state index in [0.717, 1.165) is 36.6 Å². The quantitative estimate of drug-likeness (QED) is 0.701. The van der Waals surface area contributed by atoms with E-state index in [4.69, 9.17) is 11.6 Å². The first-order chi connectivity index (χ1) is 15.1. The van der Waals surface area contributed by atoms with Crippen molar-refractivity contribution in [2.75, 3.05) is 36.4 Å². The van der Waals surface area contributed by atoms with E-state index < -0.39 is 0 Å². The van der Waals surface area contributed by atoms with Crippen LogP contribution in [0.5, 0.6) is 0 Å². The fourth-order valence-electron chi connectivity index (χ4n) is 4.18. The largest absolute Gasteiger partial charge is 0.367 e. The summed E-state index contributed by atoms with van der Waals surface area (Å²) < 4.78 is 0. The van der Waals surface area contributed by atoms with Crippen molar-refractivity contribution in [1.29, 1.82) is 0 Å². The zero-order valence-corrected chi connectivity index (χ0v) is 19.1. The lowest BCUT2D eigenvalue weighted by Gasteiger charge is -2.36. The van der Waals surface area contributed by atoms with E-state index in [9.17, 15) is 9.59 Å². The number of nitrogens with one attached hydrogen (secondary N) is 2. The number of piperazine rings is 1. The third-order valence-corrected chi connectivity index (χ3v) is 7.00. The minimum atomic E-state index is -0.213. The smallest absolute Gasteiger partial charge is 0.321 e. The van der Waals surface area contributed by atoms with Crippen molar-refractivity contribution in [1.82, 2.24) is 15.2 Å². The number of rotatable bonds is 5. The lowest BCUT2D eigenvalue weighted by Crippen LogP contribution is -2.49. The number of para-hydroxylation sites is 1.